The Labute approximate surface area is 155 Å². The van der Waals surface area contributed by atoms with Crippen molar-refractivity contribution in [2.75, 3.05) is 0 Å². The molecule has 3 aromatic carbocycles. The molecule has 5 nitrogen and oxygen atoms in total. The summed E-state index contributed by atoms with van der Waals surface area (Å²) < 4.78 is 0. The van der Waals surface area contributed by atoms with E-state index in [-0.39, 0.29) is 11.3 Å². The minimum absolute atomic E-state index is 0.131. The lowest BCUT2D eigenvalue weighted by Gasteiger charge is -2.16. The number of hydrogen-bond acceptors (Lipinski definition) is 3. The number of carbonyl (C=O) groups excluding carboxylic acids is 2. The summed E-state index contributed by atoms with van der Waals surface area (Å²) in [4.78, 5) is 37.2. The molecule has 0 heterocycles. The zero-order chi connectivity index (χ0) is 19.0. The van der Waals surface area contributed by atoms with Crippen LogP contribution in [0, 0.1) is 0 Å². The maximum atomic E-state index is 12.9. The first-order valence-electron chi connectivity index (χ1n) is 8.43. The topological polar surface area (TPSA) is 83.5 Å². The van der Waals surface area contributed by atoms with Gasteiger partial charge in [-0.25, -0.2) is 4.79 Å². The summed E-state index contributed by atoms with van der Waals surface area (Å²) in [6, 6.07) is 19.3. The number of carboxylic acid groups (broad SMARTS) is 1. The number of benzene rings is 3. The van der Waals surface area contributed by atoms with Crippen molar-refractivity contribution in [3.8, 4) is 11.1 Å². The molecule has 132 valence electrons. The molecule has 1 amide bonds. The zero-order valence-corrected chi connectivity index (χ0v) is 14.2. The first-order chi connectivity index (χ1) is 13.1. The van der Waals surface area contributed by atoms with Gasteiger partial charge in [-0.3, -0.25) is 9.59 Å². The van der Waals surface area contributed by atoms with Crippen LogP contribution in [0.5, 0.6) is 0 Å². The van der Waals surface area contributed by atoms with E-state index in [4.69, 9.17) is 0 Å². The third-order valence-electron chi connectivity index (χ3n) is 4.65. The van der Waals surface area contributed by atoms with Crippen LogP contribution in [-0.4, -0.2) is 22.8 Å². The molecule has 0 unspecified atom stereocenters. The standard InChI is InChI=1S/C22H15NO4/c24-20-15-10-5-4-9-14(15)18-16(20)11-6-12-17(18)21(25)23-19(22(26)27)13-7-2-1-3-8-13/h1-12,19H,(H,23,25)(H,26,27)/t19-/m1/s1. The van der Waals surface area contributed by atoms with Crippen LogP contribution in [0.4, 0.5) is 0 Å². The van der Waals surface area contributed by atoms with E-state index in [0.29, 0.717) is 27.8 Å². The smallest absolute Gasteiger partial charge is 0.330 e. The van der Waals surface area contributed by atoms with Crippen molar-refractivity contribution in [3.05, 3.63) is 95.1 Å². The average Bonchev–Trinajstić information content (AvgIpc) is 2.99. The molecule has 0 radical (unpaired) electrons. The van der Waals surface area contributed by atoms with E-state index < -0.39 is 17.9 Å². The molecule has 1 aliphatic carbocycles. The summed E-state index contributed by atoms with van der Waals surface area (Å²) in [6.07, 6.45) is 0. The molecule has 1 aliphatic rings. The van der Waals surface area contributed by atoms with Crippen molar-refractivity contribution in [1.29, 1.82) is 0 Å². The van der Waals surface area contributed by atoms with Crippen molar-refractivity contribution in [3.63, 3.8) is 0 Å². The third kappa shape index (κ3) is 2.79. The van der Waals surface area contributed by atoms with Crippen molar-refractivity contribution >= 4 is 17.7 Å². The van der Waals surface area contributed by atoms with Crippen LogP contribution in [0.3, 0.4) is 0 Å². The molecule has 0 saturated carbocycles. The number of nitrogens with one attached hydrogen (secondary N) is 1. The fraction of sp³-hybridized carbons (Fsp3) is 0.0455. The predicted molar refractivity (Wildman–Crippen MR) is 99.6 cm³/mol. The number of amides is 1. The van der Waals surface area contributed by atoms with E-state index in [1.165, 1.54) is 0 Å². The second kappa shape index (κ2) is 6.53. The summed E-state index contributed by atoms with van der Waals surface area (Å²) in [5.74, 6) is -1.82. The Bertz CT molecular complexity index is 1070. The molecular formula is C22H15NO4. The number of carbonyl (C=O) groups is 3. The molecule has 5 heteroatoms. The molecule has 27 heavy (non-hydrogen) atoms. The lowest BCUT2D eigenvalue weighted by atomic mass is 9.98. The lowest BCUT2D eigenvalue weighted by Crippen LogP contribution is -2.34. The second-order valence-electron chi connectivity index (χ2n) is 6.26. The van der Waals surface area contributed by atoms with Gasteiger partial charge in [0.1, 0.15) is 0 Å². The second-order valence-corrected chi connectivity index (χ2v) is 6.26. The Kier molecular flexibility index (Phi) is 4.05. The van der Waals surface area contributed by atoms with E-state index in [9.17, 15) is 19.5 Å². The number of aliphatic carboxylic acids is 1. The Morgan fingerprint density at radius 2 is 1.41 bits per heavy atom. The highest BCUT2D eigenvalue weighted by molar-refractivity contribution is 6.24. The highest BCUT2D eigenvalue weighted by atomic mass is 16.4. The molecule has 0 spiro atoms. The summed E-state index contributed by atoms with van der Waals surface area (Å²) >= 11 is 0. The van der Waals surface area contributed by atoms with Crippen molar-refractivity contribution in [2.24, 2.45) is 0 Å². The van der Waals surface area contributed by atoms with E-state index >= 15 is 0 Å². The predicted octanol–water partition coefficient (Wildman–Crippen LogP) is 3.45. The molecule has 3 aromatic rings. The van der Waals surface area contributed by atoms with E-state index in [1.54, 1.807) is 72.8 Å². The Balaban J connectivity index is 1.75. The minimum Gasteiger partial charge on any atom is -0.479 e. The largest absolute Gasteiger partial charge is 0.479 e. The van der Waals surface area contributed by atoms with Crippen LogP contribution in [0.2, 0.25) is 0 Å². The van der Waals surface area contributed by atoms with Gasteiger partial charge in [0.15, 0.2) is 11.8 Å². The maximum absolute atomic E-state index is 12.9. The third-order valence-corrected chi connectivity index (χ3v) is 4.65. The normalized spacial score (nSPS) is 12.8. The summed E-state index contributed by atoms with van der Waals surface area (Å²) in [6.45, 7) is 0. The maximum Gasteiger partial charge on any atom is 0.330 e. The van der Waals surface area contributed by atoms with Crippen molar-refractivity contribution in [2.45, 2.75) is 6.04 Å². The van der Waals surface area contributed by atoms with Gasteiger partial charge in [0.2, 0.25) is 0 Å². The van der Waals surface area contributed by atoms with Crippen LogP contribution < -0.4 is 5.32 Å². The number of rotatable bonds is 4. The van der Waals surface area contributed by atoms with Gasteiger partial charge in [-0.15, -0.1) is 0 Å². The molecule has 4 rings (SSSR count). The van der Waals surface area contributed by atoms with Gasteiger partial charge in [0.25, 0.3) is 5.91 Å². The van der Waals surface area contributed by atoms with Crippen LogP contribution in [0.25, 0.3) is 11.1 Å². The minimum atomic E-state index is -1.18. The monoisotopic (exact) mass is 357 g/mol. The SMILES string of the molecule is O=C(N[C@@H](C(=O)O)c1ccccc1)c1cccc2c1-c1ccccc1C2=O. The van der Waals surface area contributed by atoms with Crippen LogP contribution >= 0.6 is 0 Å². The Morgan fingerprint density at radius 1 is 0.778 bits per heavy atom. The first kappa shape index (κ1) is 16.7. The van der Waals surface area contributed by atoms with E-state index in [2.05, 4.69) is 5.32 Å². The number of hydrogen-bond donors (Lipinski definition) is 2. The zero-order valence-electron chi connectivity index (χ0n) is 14.2. The molecular weight excluding hydrogens is 342 g/mol. The van der Waals surface area contributed by atoms with E-state index in [1.807, 2.05) is 0 Å². The van der Waals surface area contributed by atoms with Crippen LogP contribution in [-0.2, 0) is 4.79 Å². The quantitative estimate of drug-likeness (QED) is 0.586. The first-order valence-corrected chi connectivity index (χ1v) is 8.43. The molecule has 1 atom stereocenters. The number of carboxylic acids is 1. The van der Waals surface area contributed by atoms with Crippen molar-refractivity contribution in [1.82, 2.24) is 5.32 Å². The van der Waals surface area contributed by atoms with Crippen LogP contribution in [0.1, 0.15) is 37.9 Å². The fourth-order valence-corrected chi connectivity index (χ4v) is 3.41. The molecule has 0 aliphatic heterocycles. The summed E-state index contributed by atoms with van der Waals surface area (Å²) in [5, 5.41) is 12.1. The van der Waals surface area contributed by atoms with Gasteiger partial charge in [-0.05, 0) is 17.2 Å². The van der Waals surface area contributed by atoms with Gasteiger partial charge in [0, 0.05) is 22.3 Å². The lowest BCUT2D eigenvalue weighted by molar-refractivity contribution is -0.139. The average molecular weight is 357 g/mol. The molecule has 2 N–H and O–H groups in total. The molecule has 0 aromatic heterocycles. The van der Waals surface area contributed by atoms with Crippen molar-refractivity contribution < 1.29 is 19.5 Å². The van der Waals surface area contributed by atoms with Crippen LogP contribution in [0.15, 0.2) is 72.8 Å². The highest BCUT2D eigenvalue weighted by Crippen LogP contribution is 2.38. The summed E-state index contributed by atoms with van der Waals surface area (Å²) in [5.41, 5.74) is 3.00. The highest BCUT2D eigenvalue weighted by Gasteiger charge is 2.31. The number of fused-ring (bicyclic) bond motifs is 3. The van der Waals surface area contributed by atoms with Gasteiger partial charge >= 0.3 is 5.97 Å². The van der Waals surface area contributed by atoms with E-state index in [0.717, 1.165) is 0 Å². The Morgan fingerprint density at radius 3 is 2.11 bits per heavy atom. The van der Waals surface area contributed by atoms with Gasteiger partial charge in [-0.2, -0.15) is 0 Å². The number of ketones is 1. The fourth-order valence-electron chi connectivity index (χ4n) is 3.41. The van der Waals surface area contributed by atoms with Gasteiger partial charge in [0.05, 0.1) is 0 Å². The molecule has 0 bridgehead atoms. The van der Waals surface area contributed by atoms with Gasteiger partial charge in [-0.1, -0.05) is 66.7 Å². The molecule has 0 fully saturated rings. The van der Waals surface area contributed by atoms with Gasteiger partial charge < -0.3 is 10.4 Å². The molecule has 0 saturated heterocycles. The summed E-state index contributed by atoms with van der Waals surface area (Å²) in [7, 11) is 0. The Hall–Kier alpha value is -3.73.